The fourth-order valence-corrected chi connectivity index (χ4v) is 0.489. The second kappa shape index (κ2) is 15.6. The van der Waals surface area contributed by atoms with Gasteiger partial charge in [-0.2, -0.15) is 0 Å². The van der Waals surface area contributed by atoms with E-state index in [1.807, 2.05) is 0 Å². The summed E-state index contributed by atoms with van der Waals surface area (Å²) in [6.45, 7) is 4.28. The minimum Gasteiger partial charge on any atom is -0.274 e. The van der Waals surface area contributed by atoms with Crippen LogP contribution in [0.5, 0.6) is 0 Å². The highest BCUT2D eigenvalue weighted by Crippen LogP contribution is 1.93. The molecule has 2 nitrogen and oxygen atoms in total. The minimum absolute atomic E-state index is 1.26. The van der Waals surface area contributed by atoms with Gasteiger partial charge in [-0.25, -0.2) is 0 Å². The lowest BCUT2D eigenvalue weighted by molar-refractivity contribution is 0.814. The van der Waals surface area contributed by atoms with Gasteiger partial charge in [0.1, 0.15) is 0 Å². The van der Waals surface area contributed by atoms with E-state index in [0.29, 0.717) is 0 Å². The molecular formula is C7H18N2. The summed E-state index contributed by atoms with van der Waals surface area (Å²) < 4.78 is 0. The highest BCUT2D eigenvalue weighted by molar-refractivity contribution is 4.75. The average Bonchev–Trinajstić information content (AvgIpc) is 1.94. The van der Waals surface area contributed by atoms with Gasteiger partial charge in [-0.1, -0.05) is 31.9 Å². The van der Waals surface area contributed by atoms with E-state index in [0.717, 1.165) is 0 Å². The second-order valence-corrected chi connectivity index (χ2v) is 1.71. The fraction of sp³-hybridized carbons (Fsp3) is 0.714. The molecule has 0 atom stereocenters. The van der Waals surface area contributed by atoms with E-state index in [-0.39, 0.29) is 0 Å². The van der Waals surface area contributed by atoms with Crippen molar-refractivity contribution >= 4 is 0 Å². The van der Waals surface area contributed by atoms with Gasteiger partial charge in [-0.05, 0) is 13.3 Å². The van der Waals surface area contributed by atoms with E-state index in [1.165, 1.54) is 19.3 Å². The van der Waals surface area contributed by atoms with Crippen molar-refractivity contribution < 1.29 is 0 Å². The Bertz CT molecular complexity index is 50.9. The highest BCUT2D eigenvalue weighted by Gasteiger charge is 1.73. The summed E-state index contributed by atoms with van der Waals surface area (Å²) >= 11 is 0. The lowest BCUT2D eigenvalue weighted by Gasteiger charge is -1.83. The molecule has 0 unspecified atom stereocenters. The van der Waals surface area contributed by atoms with Gasteiger partial charge in [0.2, 0.25) is 0 Å². The molecule has 0 aromatic carbocycles. The van der Waals surface area contributed by atoms with Crippen LogP contribution in [-0.4, -0.2) is 0 Å². The lowest BCUT2D eigenvalue weighted by Crippen LogP contribution is -2.02. The standard InChI is InChI=1S/C7H14.H4N2/c1-3-5-7-6-4-2;1-2/h3,5H,4,6-7H2,1-2H3;1-2H2. The van der Waals surface area contributed by atoms with Gasteiger partial charge in [-0.15, -0.1) is 0 Å². The maximum absolute atomic E-state index is 4.00. The summed E-state index contributed by atoms with van der Waals surface area (Å²) in [7, 11) is 0. The van der Waals surface area contributed by atoms with Crippen molar-refractivity contribution in [3.05, 3.63) is 12.2 Å². The van der Waals surface area contributed by atoms with Gasteiger partial charge in [-0.3, -0.25) is 11.7 Å². The SMILES string of the molecule is CC=CCCCC.NN. The molecule has 0 fully saturated rings. The Morgan fingerprint density at radius 3 is 2.22 bits per heavy atom. The summed E-state index contributed by atoms with van der Waals surface area (Å²) in [5.74, 6) is 8.00. The summed E-state index contributed by atoms with van der Waals surface area (Å²) in [4.78, 5) is 0. The summed E-state index contributed by atoms with van der Waals surface area (Å²) in [6, 6.07) is 0. The molecule has 0 heterocycles. The van der Waals surface area contributed by atoms with Crippen molar-refractivity contribution in [3.8, 4) is 0 Å². The van der Waals surface area contributed by atoms with E-state index in [2.05, 4.69) is 37.7 Å². The molecule has 2 heteroatoms. The average molecular weight is 130 g/mol. The topological polar surface area (TPSA) is 52.0 Å². The van der Waals surface area contributed by atoms with Crippen LogP contribution in [0.1, 0.15) is 33.1 Å². The molecule has 0 aliphatic carbocycles. The van der Waals surface area contributed by atoms with E-state index in [9.17, 15) is 0 Å². The van der Waals surface area contributed by atoms with Crippen LogP contribution in [0.3, 0.4) is 0 Å². The van der Waals surface area contributed by atoms with Gasteiger partial charge < -0.3 is 0 Å². The monoisotopic (exact) mass is 130 g/mol. The van der Waals surface area contributed by atoms with Crippen LogP contribution in [0, 0.1) is 0 Å². The summed E-state index contributed by atoms with van der Waals surface area (Å²) in [6.07, 6.45) is 8.22. The first-order chi connectivity index (χ1) is 4.41. The molecule has 0 radical (unpaired) electrons. The fourth-order valence-electron chi connectivity index (χ4n) is 0.489. The van der Waals surface area contributed by atoms with Gasteiger partial charge in [0.05, 0.1) is 0 Å². The summed E-state index contributed by atoms with van der Waals surface area (Å²) in [5, 5.41) is 0. The zero-order chi connectivity index (χ0) is 7.54. The smallest absolute Gasteiger partial charge is 0.0351 e. The van der Waals surface area contributed by atoms with E-state index < -0.39 is 0 Å². The number of allylic oxidation sites excluding steroid dienone is 2. The van der Waals surface area contributed by atoms with Gasteiger partial charge in [0.15, 0.2) is 0 Å². The Hall–Kier alpha value is -0.340. The number of hydrogen-bond donors (Lipinski definition) is 2. The third kappa shape index (κ3) is 18.3. The molecule has 0 amide bonds. The van der Waals surface area contributed by atoms with Crippen LogP contribution in [0.4, 0.5) is 0 Å². The predicted octanol–water partition coefficient (Wildman–Crippen LogP) is 1.57. The second-order valence-electron chi connectivity index (χ2n) is 1.71. The maximum Gasteiger partial charge on any atom is -0.0351 e. The molecule has 0 aliphatic heterocycles. The molecule has 0 aromatic rings. The van der Waals surface area contributed by atoms with Crippen molar-refractivity contribution in [1.29, 1.82) is 0 Å². The number of rotatable bonds is 3. The molecule has 9 heavy (non-hydrogen) atoms. The van der Waals surface area contributed by atoms with Crippen LogP contribution in [0.15, 0.2) is 12.2 Å². The Labute approximate surface area is 57.9 Å². The van der Waals surface area contributed by atoms with Crippen LogP contribution in [0.2, 0.25) is 0 Å². The molecular weight excluding hydrogens is 112 g/mol. The Morgan fingerprint density at radius 2 is 1.89 bits per heavy atom. The quantitative estimate of drug-likeness (QED) is 0.264. The van der Waals surface area contributed by atoms with Crippen molar-refractivity contribution in [2.75, 3.05) is 0 Å². The molecule has 0 spiro atoms. The number of hydrazine groups is 1. The van der Waals surface area contributed by atoms with Crippen LogP contribution >= 0.6 is 0 Å². The molecule has 0 saturated heterocycles. The van der Waals surface area contributed by atoms with Crippen LogP contribution in [-0.2, 0) is 0 Å². The third-order valence-electron chi connectivity index (χ3n) is 0.960. The van der Waals surface area contributed by atoms with E-state index >= 15 is 0 Å². The molecule has 0 bridgehead atoms. The molecule has 4 N–H and O–H groups in total. The molecule has 0 saturated carbocycles. The molecule has 56 valence electrons. The Kier molecular flexibility index (Phi) is 19.9. The van der Waals surface area contributed by atoms with Crippen molar-refractivity contribution in [1.82, 2.24) is 0 Å². The van der Waals surface area contributed by atoms with Gasteiger partial charge in [0, 0.05) is 0 Å². The molecule has 0 rings (SSSR count). The number of hydrogen-bond acceptors (Lipinski definition) is 2. The largest absolute Gasteiger partial charge is 0.274 e. The Morgan fingerprint density at radius 1 is 1.33 bits per heavy atom. The van der Waals surface area contributed by atoms with Crippen molar-refractivity contribution in [2.24, 2.45) is 11.7 Å². The first kappa shape index (κ1) is 11.5. The van der Waals surface area contributed by atoms with Crippen LogP contribution in [0.25, 0.3) is 0 Å². The molecule has 0 aromatic heterocycles. The lowest BCUT2D eigenvalue weighted by atomic mass is 10.2. The first-order valence-corrected chi connectivity index (χ1v) is 3.36. The van der Waals surface area contributed by atoms with Crippen molar-refractivity contribution in [3.63, 3.8) is 0 Å². The third-order valence-corrected chi connectivity index (χ3v) is 0.960. The highest BCUT2D eigenvalue weighted by atomic mass is 15.0. The predicted molar refractivity (Wildman–Crippen MR) is 42.7 cm³/mol. The normalized spacial score (nSPS) is 8.89. The molecule has 0 aliphatic rings. The van der Waals surface area contributed by atoms with Crippen molar-refractivity contribution in [2.45, 2.75) is 33.1 Å². The number of unbranched alkanes of at least 4 members (excludes halogenated alkanes) is 2. The zero-order valence-electron chi connectivity index (χ0n) is 6.43. The Balaban J connectivity index is 0. The van der Waals surface area contributed by atoms with E-state index in [1.54, 1.807) is 0 Å². The maximum atomic E-state index is 4.00. The van der Waals surface area contributed by atoms with Gasteiger partial charge >= 0.3 is 0 Å². The van der Waals surface area contributed by atoms with Gasteiger partial charge in [0.25, 0.3) is 0 Å². The first-order valence-electron chi connectivity index (χ1n) is 3.36. The van der Waals surface area contributed by atoms with Crippen LogP contribution < -0.4 is 11.7 Å². The minimum atomic E-state index is 1.26. The zero-order valence-corrected chi connectivity index (χ0v) is 6.43. The van der Waals surface area contributed by atoms with E-state index in [4.69, 9.17) is 0 Å². The number of nitrogens with two attached hydrogens (primary N) is 2. The summed E-state index contributed by atoms with van der Waals surface area (Å²) in [5.41, 5.74) is 0.